The molecule has 94 valence electrons. The maximum absolute atomic E-state index is 14.0. The van der Waals surface area contributed by atoms with Crippen molar-refractivity contribution >= 4 is 0 Å². The molecule has 0 fully saturated rings. The normalized spacial score (nSPS) is 24.6. The van der Waals surface area contributed by atoms with Gasteiger partial charge in [-0.05, 0) is 42.3 Å². The lowest BCUT2D eigenvalue weighted by Crippen LogP contribution is -2.20. The van der Waals surface area contributed by atoms with Gasteiger partial charge in [0.1, 0.15) is 0 Å². The molecule has 1 atom stereocenters. The summed E-state index contributed by atoms with van der Waals surface area (Å²) in [5, 5.41) is 0. The van der Waals surface area contributed by atoms with Crippen LogP contribution in [0.15, 0.2) is 12.1 Å². The molecule has 0 aliphatic heterocycles. The van der Waals surface area contributed by atoms with Gasteiger partial charge in [0.25, 0.3) is 0 Å². The van der Waals surface area contributed by atoms with Crippen molar-refractivity contribution in [3.8, 4) is 5.75 Å². The van der Waals surface area contributed by atoms with Crippen molar-refractivity contribution in [2.24, 2.45) is 5.92 Å². The van der Waals surface area contributed by atoms with E-state index in [1.807, 2.05) is 6.92 Å². The zero-order valence-electron chi connectivity index (χ0n) is 11.1. The zero-order chi connectivity index (χ0) is 14.4. The van der Waals surface area contributed by atoms with Crippen LogP contribution in [0.3, 0.4) is 0 Å². The quantitative estimate of drug-likeness (QED) is 0.688. The predicted octanol–water partition coefficient (Wildman–Crippen LogP) is 3.85. The molecule has 0 saturated carbocycles. The Morgan fingerprint density at radius 3 is 2.76 bits per heavy atom. The molecular weight excluding hydrogens is 236 g/mol. The van der Waals surface area contributed by atoms with Crippen molar-refractivity contribution in [1.82, 2.24) is 0 Å². The fraction of sp³-hybridized carbons (Fsp3) is 0.500. The van der Waals surface area contributed by atoms with Crippen LogP contribution in [0.5, 0.6) is 5.75 Å². The summed E-state index contributed by atoms with van der Waals surface area (Å²) in [7, 11) is 0. The van der Waals surface area contributed by atoms with Crippen LogP contribution in [0.25, 0.3) is 0 Å². The van der Waals surface area contributed by atoms with Crippen LogP contribution in [-0.2, 0) is 12.8 Å². The number of halogens is 4. The van der Waals surface area contributed by atoms with E-state index in [1.165, 1.54) is 6.07 Å². The number of hydrogen-bond acceptors (Lipinski definition) is 1. The molecule has 1 aromatic rings. The highest BCUT2D eigenvalue weighted by Gasteiger charge is 2.33. The molecular formula is C12H12F4O. The lowest BCUT2D eigenvalue weighted by molar-refractivity contribution is -0.275. The maximum Gasteiger partial charge on any atom is 0.573 e. The summed E-state index contributed by atoms with van der Waals surface area (Å²) in [6.07, 6.45) is -6.46. The molecule has 0 aromatic heterocycles. The molecule has 0 radical (unpaired) electrons. The van der Waals surface area contributed by atoms with Crippen LogP contribution in [0.2, 0.25) is 0 Å². The van der Waals surface area contributed by atoms with Crippen LogP contribution < -0.4 is 4.74 Å². The van der Waals surface area contributed by atoms with E-state index in [-0.39, 0.29) is 17.9 Å². The van der Waals surface area contributed by atoms with Gasteiger partial charge in [-0.3, -0.25) is 0 Å². The van der Waals surface area contributed by atoms with Crippen molar-refractivity contribution in [1.29, 1.82) is 0 Å². The highest BCUT2D eigenvalue weighted by Crippen LogP contribution is 2.34. The fourth-order valence-electron chi connectivity index (χ4n) is 1.89. The van der Waals surface area contributed by atoms with Gasteiger partial charge in [0, 0.05) is 2.74 Å². The monoisotopic (exact) mass is 250 g/mol. The first-order valence-electron chi connectivity index (χ1n) is 6.18. The lowest BCUT2D eigenvalue weighted by atomic mass is 9.84. The molecule has 0 heterocycles. The molecule has 2 rings (SSSR count). The van der Waals surface area contributed by atoms with Gasteiger partial charge in [0.15, 0.2) is 11.6 Å². The second-order valence-electron chi connectivity index (χ2n) is 4.15. The first-order valence-corrected chi connectivity index (χ1v) is 5.18. The van der Waals surface area contributed by atoms with E-state index in [4.69, 9.17) is 2.74 Å². The van der Waals surface area contributed by atoms with E-state index < -0.39 is 24.3 Å². The van der Waals surface area contributed by atoms with Gasteiger partial charge in [0.05, 0.1) is 0 Å². The summed E-state index contributed by atoms with van der Waals surface area (Å²) in [6, 6.07) is 2.20. The molecule has 5 heteroatoms. The van der Waals surface area contributed by atoms with Crippen molar-refractivity contribution in [2.45, 2.75) is 32.5 Å². The van der Waals surface area contributed by atoms with Crippen molar-refractivity contribution in [3.05, 3.63) is 29.1 Å². The van der Waals surface area contributed by atoms with Crippen LogP contribution in [0.4, 0.5) is 17.6 Å². The number of rotatable bonds is 1. The minimum atomic E-state index is -5.00. The number of benzene rings is 1. The summed E-state index contributed by atoms with van der Waals surface area (Å²) < 4.78 is 69.6. The van der Waals surface area contributed by atoms with Crippen molar-refractivity contribution in [3.63, 3.8) is 0 Å². The van der Waals surface area contributed by atoms with Crippen molar-refractivity contribution < 1.29 is 25.0 Å². The first-order chi connectivity index (χ1) is 8.60. The SMILES string of the molecule is [2H]C1([2H])CC(C)Cc2ccc(OC(F)(F)F)c(F)c21. The van der Waals surface area contributed by atoms with E-state index in [1.54, 1.807) is 0 Å². The smallest absolute Gasteiger partial charge is 0.403 e. The lowest BCUT2D eigenvalue weighted by Gasteiger charge is -2.23. The van der Waals surface area contributed by atoms with Gasteiger partial charge in [0.2, 0.25) is 0 Å². The molecule has 1 aromatic carbocycles. The second-order valence-corrected chi connectivity index (χ2v) is 4.15. The van der Waals surface area contributed by atoms with E-state index in [0.717, 1.165) is 6.07 Å². The molecule has 0 bridgehead atoms. The van der Waals surface area contributed by atoms with Crippen LogP contribution in [0.1, 0.15) is 27.2 Å². The van der Waals surface area contributed by atoms with E-state index >= 15 is 0 Å². The van der Waals surface area contributed by atoms with Crippen LogP contribution in [-0.4, -0.2) is 6.36 Å². The third-order valence-electron chi connectivity index (χ3n) is 2.61. The van der Waals surface area contributed by atoms with Crippen molar-refractivity contribution in [2.75, 3.05) is 0 Å². The Morgan fingerprint density at radius 1 is 1.41 bits per heavy atom. The van der Waals surface area contributed by atoms with E-state index in [2.05, 4.69) is 4.74 Å². The molecule has 1 aliphatic carbocycles. The molecule has 0 N–H and O–H groups in total. The third kappa shape index (κ3) is 2.70. The van der Waals surface area contributed by atoms with E-state index in [9.17, 15) is 17.6 Å². The minimum absolute atomic E-state index is 0.0104. The molecule has 0 amide bonds. The largest absolute Gasteiger partial charge is 0.573 e. The Labute approximate surface area is 99.2 Å². The highest BCUT2D eigenvalue weighted by molar-refractivity contribution is 5.39. The number of alkyl halides is 3. The summed E-state index contributed by atoms with van der Waals surface area (Å²) in [5.41, 5.74) is 0.0862. The Balaban J connectivity index is 2.50. The zero-order valence-corrected chi connectivity index (χ0v) is 9.07. The topological polar surface area (TPSA) is 9.23 Å². The number of hydrogen-bond donors (Lipinski definition) is 0. The van der Waals surface area contributed by atoms with Gasteiger partial charge < -0.3 is 4.74 Å². The minimum Gasteiger partial charge on any atom is -0.403 e. The molecule has 1 unspecified atom stereocenters. The van der Waals surface area contributed by atoms with Gasteiger partial charge >= 0.3 is 6.36 Å². The highest BCUT2D eigenvalue weighted by atomic mass is 19.4. The molecule has 0 saturated heterocycles. The average molecular weight is 250 g/mol. The summed E-state index contributed by atoms with van der Waals surface area (Å²) in [6.45, 7) is 1.82. The maximum atomic E-state index is 14.0. The summed E-state index contributed by atoms with van der Waals surface area (Å²) in [4.78, 5) is 0. The molecule has 0 spiro atoms. The first kappa shape index (κ1) is 9.74. The van der Waals surface area contributed by atoms with Gasteiger partial charge in [-0.15, -0.1) is 13.2 Å². The average Bonchev–Trinajstić information content (AvgIpc) is 2.18. The van der Waals surface area contributed by atoms with E-state index in [0.29, 0.717) is 12.0 Å². The fourth-order valence-corrected chi connectivity index (χ4v) is 1.89. The molecule has 1 aliphatic rings. The van der Waals surface area contributed by atoms with Gasteiger partial charge in [-0.2, -0.15) is 0 Å². The van der Waals surface area contributed by atoms with Crippen LogP contribution in [0, 0.1) is 11.7 Å². The Morgan fingerprint density at radius 2 is 2.12 bits per heavy atom. The molecule has 1 nitrogen and oxygen atoms in total. The number of fused-ring (bicyclic) bond motifs is 1. The second kappa shape index (κ2) is 4.20. The Hall–Kier alpha value is -1.26. The van der Waals surface area contributed by atoms with Gasteiger partial charge in [-0.25, -0.2) is 4.39 Å². The molecule has 17 heavy (non-hydrogen) atoms. The van der Waals surface area contributed by atoms with Crippen LogP contribution >= 0.6 is 0 Å². The standard InChI is InChI=1S/C12H12F4O/c1-7-2-4-9-8(6-7)3-5-10(11(9)13)17-12(14,15)16/h3,5,7H,2,4,6H2,1H3/i4D2. The number of ether oxygens (including phenoxy) is 1. The Bertz CT molecular complexity index is 499. The summed E-state index contributed by atoms with van der Waals surface area (Å²) in [5.74, 6) is -2.23. The predicted molar refractivity (Wildman–Crippen MR) is 54.3 cm³/mol. The summed E-state index contributed by atoms with van der Waals surface area (Å²) >= 11 is 0. The third-order valence-corrected chi connectivity index (χ3v) is 2.61. The van der Waals surface area contributed by atoms with Gasteiger partial charge in [-0.1, -0.05) is 13.0 Å². The Kier molecular flexibility index (Phi) is 2.41.